The Bertz CT molecular complexity index is 483. The van der Waals surface area contributed by atoms with Gasteiger partial charge in [0.05, 0.1) is 13.3 Å². The summed E-state index contributed by atoms with van der Waals surface area (Å²) in [4.78, 5) is 4.00. The van der Waals surface area contributed by atoms with E-state index in [1.54, 1.807) is 19.5 Å². The minimum absolute atomic E-state index is 0.483. The monoisotopic (exact) mass is 229 g/mol. The van der Waals surface area contributed by atoms with Crippen LogP contribution in [0.25, 0.3) is 0 Å². The van der Waals surface area contributed by atoms with Crippen LogP contribution in [0.2, 0.25) is 0 Å². The smallest absolute Gasteiger partial charge is 0.138 e. The number of aryl methyl sites for hydroxylation is 1. The first-order valence-corrected chi connectivity index (χ1v) is 5.46. The Morgan fingerprint density at radius 2 is 2.12 bits per heavy atom. The minimum atomic E-state index is 0.483. The zero-order valence-electron chi connectivity index (χ0n) is 10.0. The highest BCUT2D eigenvalue weighted by molar-refractivity contribution is 5.36. The van der Waals surface area contributed by atoms with Crippen molar-refractivity contribution in [3.63, 3.8) is 0 Å². The fraction of sp³-hybridized carbons (Fsp3) is 0.214. The van der Waals surface area contributed by atoms with E-state index in [-0.39, 0.29) is 0 Å². The van der Waals surface area contributed by atoms with Crippen molar-refractivity contribution in [1.82, 2.24) is 4.98 Å². The quantitative estimate of drug-likeness (QED) is 0.807. The van der Waals surface area contributed by atoms with Gasteiger partial charge in [0, 0.05) is 11.8 Å². The van der Waals surface area contributed by atoms with Crippen LogP contribution in [0.1, 0.15) is 11.1 Å². The molecule has 0 aliphatic carbocycles. The number of methoxy groups -OCH3 is 1. The predicted molar refractivity (Wildman–Crippen MR) is 66.3 cm³/mol. The summed E-state index contributed by atoms with van der Waals surface area (Å²) in [6, 6.07) is 9.77. The number of hydrogen-bond donors (Lipinski definition) is 0. The predicted octanol–water partition coefficient (Wildman–Crippen LogP) is 2.98. The first kappa shape index (κ1) is 11.5. The lowest BCUT2D eigenvalue weighted by atomic mass is 10.1. The molecule has 0 unspecified atom stereocenters. The van der Waals surface area contributed by atoms with E-state index in [1.165, 1.54) is 5.56 Å². The fourth-order valence-corrected chi connectivity index (χ4v) is 1.61. The molecule has 88 valence electrons. The molecule has 0 bridgehead atoms. The van der Waals surface area contributed by atoms with Crippen LogP contribution < -0.4 is 9.47 Å². The molecule has 17 heavy (non-hydrogen) atoms. The van der Waals surface area contributed by atoms with Gasteiger partial charge in [0.15, 0.2) is 0 Å². The lowest BCUT2D eigenvalue weighted by Crippen LogP contribution is -1.99. The molecule has 3 heteroatoms. The van der Waals surface area contributed by atoms with Crippen molar-refractivity contribution >= 4 is 0 Å². The summed E-state index contributed by atoms with van der Waals surface area (Å²) in [6.07, 6.45) is 3.42. The van der Waals surface area contributed by atoms with Gasteiger partial charge < -0.3 is 9.47 Å². The van der Waals surface area contributed by atoms with Crippen molar-refractivity contribution in [2.24, 2.45) is 0 Å². The Kier molecular flexibility index (Phi) is 3.60. The molecular formula is C14H15NO2. The maximum Gasteiger partial charge on any atom is 0.138 e. The Labute approximate surface area is 101 Å². The van der Waals surface area contributed by atoms with E-state index < -0.39 is 0 Å². The highest BCUT2D eigenvalue weighted by Gasteiger charge is 2.04. The van der Waals surface area contributed by atoms with Gasteiger partial charge in [-0.05, 0) is 31.2 Å². The van der Waals surface area contributed by atoms with E-state index >= 15 is 0 Å². The summed E-state index contributed by atoms with van der Waals surface area (Å²) in [5.74, 6) is 1.61. The van der Waals surface area contributed by atoms with E-state index in [2.05, 4.69) is 11.1 Å². The third-order valence-electron chi connectivity index (χ3n) is 2.46. The molecule has 2 rings (SSSR count). The van der Waals surface area contributed by atoms with Crippen LogP contribution in [0, 0.1) is 6.92 Å². The molecule has 2 aromatic rings. The van der Waals surface area contributed by atoms with Gasteiger partial charge in [-0.25, -0.2) is 0 Å². The molecule has 0 atom stereocenters. The van der Waals surface area contributed by atoms with Crippen LogP contribution in [-0.2, 0) is 6.61 Å². The van der Waals surface area contributed by atoms with Crippen molar-refractivity contribution in [3.8, 4) is 11.5 Å². The second-order valence-electron chi connectivity index (χ2n) is 3.79. The van der Waals surface area contributed by atoms with Crippen molar-refractivity contribution in [2.75, 3.05) is 7.11 Å². The van der Waals surface area contributed by atoms with Gasteiger partial charge in [-0.3, -0.25) is 4.98 Å². The average molecular weight is 229 g/mol. The molecule has 0 radical (unpaired) electrons. The zero-order chi connectivity index (χ0) is 12.1. The molecule has 0 saturated carbocycles. The molecule has 0 amide bonds. The fourth-order valence-electron chi connectivity index (χ4n) is 1.61. The van der Waals surface area contributed by atoms with Crippen molar-refractivity contribution in [2.45, 2.75) is 13.5 Å². The number of hydrogen-bond acceptors (Lipinski definition) is 3. The van der Waals surface area contributed by atoms with Crippen molar-refractivity contribution in [3.05, 3.63) is 53.9 Å². The molecule has 1 aromatic heterocycles. The van der Waals surface area contributed by atoms with Gasteiger partial charge >= 0.3 is 0 Å². The van der Waals surface area contributed by atoms with E-state index in [0.717, 1.165) is 17.1 Å². The topological polar surface area (TPSA) is 31.4 Å². The number of rotatable bonds is 4. The molecule has 1 heterocycles. The molecule has 0 saturated heterocycles. The first-order valence-electron chi connectivity index (χ1n) is 5.46. The standard InChI is InChI=1S/C14H15NO2/c1-11-5-6-14(16-2)12(8-11)10-17-13-4-3-7-15-9-13/h3-9H,10H2,1-2H3. The number of nitrogens with zero attached hydrogens (tertiary/aromatic N) is 1. The average Bonchev–Trinajstić information content (AvgIpc) is 2.38. The molecule has 0 aliphatic rings. The molecule has 0 fully saturated rings. The van der Waals surface area contributed by atoms with Gasteiger partial charge in [-0.2, -0.15) is 0 Å². The third-order valence-corrected chi connectivity index (χ3v) is 2.46. The van der Waals surface area contributed by atoms with Gasteiger partial charge in [-0.1, -0.05) is 11.6 Å². The minimum Gasteiger partial charge on any atom is -0.496 e. The Morgan fingerprint density at radius 3 is 2.82 bits per heavy atom. The summed E-state index contributed by atoms with van der Waals surface area (Å²) in [5.41, 5.74) is 2.23. The summed E-state index contributed by atoms with van der Waals surface area (Å²) in [6.45, 7) is 2.53. The van der Waals surface area contributed by atoms with Crippen LogP contribution >= 0.6 is 0 Å². The van der Waals surface area contributed by atoms with Gasteiger partial charge in [0.25, 0.3) is 0 Å². The number of aromatic nitrogens is 1. The van der Waals surface area contributed by atoms with E-state index in [1.807, 2.05) is 31.2 Å². The Morgan fingerprint density at radius 1 is 1.24 bits per heavy atom. The number of pyridine rings is 1. The van der Waals surface area contributed by atoms with Crippen molar-refractivity contribution in [1.29, 1.82) is 0 Å². The number of benzene rings is 1. The van der Waals surface area contributed by atoms with Crippen LogP contribution in [0.15, 0.2) is 42.7 Å². The summed E-state index contributed by atoms with van der Waals surface area (Å²) >= 11 is 0. The van der Waals surface area contributed by atoms with Gasteiger partial charge in [0.2, 0.25) is 0 Å². The van der Waals surface area contributed by atoms with Crippen molar-refractivity contribution < 1.29 is 9.47 Å². The summed E-state index contributed by atoms with van der Waals surface area (Å²) in [5, 5.41) is 0. The SMILES string of the molecule is COc1ccc(C)cc1COc1cccnc1. The Balaban J connectivity index is 2.11. The number of ether oxygens (including phenoxy) is 2. The van der Waals surface area contributed by atoms with Crippen LogP contribution in [0.4, 0.5) is 0 Å². The van der Waals surface area contributed by atoms with E-state index in [4.69, 9.17) is 9.47 Å². The highest BCUT2D eigenvalue weighted by atomic mass is 16.5. The van der Waals surface area contributed by atoms with Crippen LogP contribution in [-0.4, -0.2) is 12.1 Å². The molecule has 1 aromatic carbocycles. The molecule has 0 N–H and O–H groups in total. The Hall–Kier alpha value is -2.03. The highest BCUT2D eigenvalue weighted by Crippen LogP contribution is 2.21. The maximum absolute atomic E-state index is 5.65. The van der Waals surface area contributed by atoms with E-state index in [0.29, 0.717) is 6.61 Å². The van der Waals surface area contributed by atoms with E-state index in [9.17, 15) is 0 Å². The second-order valence-corrected chi connectivity index (χ2v) is 3.79. The normalized spacial score (nSPS) is 10.0. The maximum atomic E-state index is 5.65. The largest absolute Gasteiger partial charge is 0.496 e. The van der Waals surface area contributed by atoms with Gasteiger partial charge in [0.1, 0.15) is 18.1 Å². The van der Waals surface area contributed by atoms with Crippen LogP contribution in [0.3, 0.4) is 0 Å². The first-order chi connectivity index (χ1) is 8.29. The second kappa shape index (κ2) is 5.34. The van der Waals surface area contributed by atoms with Crippen LogP contribution in [0.5, 0.6) is 11.5 Å². The zero-order valence-corrected chi connectivity index (χ0v) is 10.0. The molecule has 3 nitrogen and oxygen atoms in total. The van der Waals surface area contributed by atoms with Gasteiger partial charge in [-0.15, -0.1) is 0 Å². The summed E-state index contributed by atoms with van der Waals surface area (Å²) in [7, 11) is 1.66. The molecular weight excluding hydrogens is 214 g/mol. The molecule has 0 spiro atoms. The lowest BCUT2D eigenvalue weighted by molar-refractivity contribution is 0.295. The summed E-state index contributed by atoms with van der Waals surface area (Å²) < 4.78 is 10.9. The third kappa shape index (κ3) is 2.97. The lowest BCUT2D eigenvalue weighted by Gasteiger charge is -2.10. The molecule has 0 aliphatic heterocycles.